The summed E-state index contributed by atoms with van der Waals surface area (Å²) >= 11 is 0. The van der Waals surface area contributed by atoms with E-state index >= 15 is 0 Å². The highest BCUT2D eigenvalue weighted by Crippen LogP contribution is 2.22. The van der Waals surface area contributed by atoms with E-state index in [2.05, 4.69) is 6.92 Å². The Morgan fingerprint density at radius 2 is 1.62 bits per heavy atom. The Balaban J connectivity index is 2.19. The molecular weight excluding hydrogens is 260 g/mol. The molecular formula is C19H30O2. The highest BCUT2D eigenvalue weighted by molar-refractivity contribution is 5.95. The fourth-order valence-electron chi connectivity index (χ4n) is 2.63. The second-order valence-corrected chi connectivity index (χ2v) is 6.30. The number of aliphatic hydroxyl groups is 1. The number of unbranched alkanes of at least 4 members (excludes halogenated alkanes) is 4. The van der Waals surface area contributed by atoms with E-state index in [1.807, 2.05) is 37.3 Å². The van der Waals surface area contributed by atoms with E-state index in [1.165, 1.54) is 25.7 Å². The monoisotopic (exact) mass is 290 g/mol. The lowest BCUT2D eigenvalue weighted by molar-refractivity contribution is 0.0368. The zero-order valence-corrected chi connectivity index (χ0v) is 13.6. The van der Waals surface area contributed by atoms with Crippen LogP contribution in [0.1, 0.15) is 82.0 Å². The van der Waals surface area contributed by atoms with Gasteiger partial charge in [0.2, 0.25) is 0 Å². The lowest BCUT2D eigenvalue weighted by atomic mass is 9.91. The maximum Gasteiger partial charge on any atom is 0.162 e. The van der Waals surface area contributed by atoms with Crippen molar-refractivity contribution in [2.45, 2.75) is 77.2 Å². The van der Waals surface area contributed by atoms with Gasteiger partial charge in [0, 0.05) is 12.0 Å². The molecule has 0 aliphatic heterocycles. The number of hydrogen-bond acceptors (Lipinski definition) is 2. The van der Waals surface area contributed by atoms with Crippen molar-refractivity contribution in [1.82, 2.24) is 0 Å². The average molecular weight is 290 g/mol. The first kappa shape index (κ1) is 17.9. The molecule has 0 spiro atoms. The van der Waals surface area contributed by atoms with Crippen molar-refractivity contribution in [1.29, 1.82) is 0 Å². The standard InChI is InChI=1S/C19H30O2/c1-3-4-5-6-10-15-19(2,21)16-11-14-18(20)17-12-8-7-9-13-17/h7-9,12-13,21H,3-6,10-11,14-16H2,1-2H3. The Morgan fingerprint density at radius 1 is 1.00 bits per heavy atom. The number of rotatable bonds is 11. The van der Waals surface area contributed by atoms with E-state index in [0.29, 0.717) is 12.8 Å². The van der Waals surface area contributed by atoms with Crippen molar-refractivity contribution >= 4 is 5.78 Å². The highest BCUT2D eigenvalue weighted by atomic mass is 16.3. The van der Waals surface area contributed by atoms with Crippen LogP contribution in [0.2, 0.25) is 0 Å². The van der Waals surface area contributed by atoms with E-state index in [1.54, 1.807) is 0 Å². The van der Waals surface area contributed by atoms with Crippen molar-refractivity contribution in [2.75, 3.05) is 0 Å². The largest absolute Gasteiger partial charge is 0.390 e. The van der Waals surface area contributed by atoms with E-state index < -0.39 is 5.60 Å². The van der Waals surface area contributed by atoms with Crippen LogP contribution in [0.5, 0.6) is 0 Å². The number of Topliss-reactive ketones (excluding diaryl/α,β-unsaturated/α-hetero) is 1. The minimum absolute atomic E-state index is 0.175. The number of hydrogen-bond donors (Lipinski definition) is 1. The van der Waals surface area contributed by atoms with Crippen molar-refractivity contribution in [3.8, 4) is 0 Å². The van der Waals surface area contributed by atoms with Crippen LogP contribution in [0, 0.1) is 0 Å². The highest BCUT2D eigenvalue weighted by Gasteiger charge is 2.19. The Morgan fingerprint density at radius 3 is 2.29 bits per heavy atom. The minimum Gasteiger partial charge on any atom is -0.390 e. The second kappa shape index (κ2) is 9.73. The summed E-state index contributed by atoms with van der Waals surface area (Å²) in [6.07, 6.45) is 8.92. The first-order chi connectivity index (χ1) is 10.0. The Bertz CT molecular complexity index is 395. The first-order valence-electron chi connectivity index (χ1n) is 8.36. The molecule has 1 aromatic carbocycles. The summed E-state index contributed by atoms with van der Waals surface area (Å²) in [5.74, 6) is 0.175. The zero-order valence-electron chi connectivity index (χ0n) is 13.6. The van der Waals surface area contributed by atoms with Gasteiger partial charge in [-0.1, -0.05) is 69.4 Å². The molecule has 0 heterocycles. The molecule has 0 fully saturated rings. The quantitative estimate of drug-likeness (QED) is 0.452. The molecule has 0 aliphatic carbocycles. The number of carbonyl (C=O) groups excluding carboxylic acids is 1. The van der Waals surface area contributed by atoms with E-state index in [0.717, 1.165) is 24.8 Å². The fourth-order valence-corrected chi connectivity index (χ4v) is 2.63. The van der Waals surface area contributed by atoms with E-state index in [4.69, 9.17) is 0 Å². The van der Waals surface area contributed by atoms with Gasteiger partial charge >= 0.3 is 0 Å². The van der Waals surface area contributed by atoms with Gasteiger partial charge < -0.3 is 5.11 Å². The Labute approximate surface area is 129 Å². The van der Waals surface area contributed by atoms with Gasteiger partial charge in [0.05, 0.1) is 5.60 Å². The Kier molecular flexibility index (Phi) is 8.29. The van der Waals surface area contributed by atoms with Crippen molar-refractivity contribution in [3.05, 3.63) is 35.9 Å². The smallest absolute Gasteiger partial charge is 0.162 e. The lowest BCUT2D eigenvalue weighted by Crippen LogP contribution is -2.24. The maximum absolute atomic E-state index is 12.0. The zero-order chi connectivity index (χ0) is 15.6. The van der Waals surface area contributed by atoms with Crippen LogP contribution < -0.4 is 0 Å². The molecule has 0 amide bonds. The molecule has 0 saturated heterocycles. The molecule has 2 heteroatoms. The normalized spacial score (nSPS) is 13.9. The van der Waals surface area contributed by atoms with Crippen LogP contribution in [0.3, 0.4) is 0 Å². The van der Waals surface area contributed by atoms with Crippen LogP contribution >= 0.6 is 0 Å². The molecule has 2 nitrogen and oxygen atoms in total. The molecule has 1 aromatic rings. The van der Waals surface area contributed by atoms with Crippen LogP contribution in [0.15, 0.2) is 30.3 Å². The summed E-state index contributed by atoms with van der Waals surface area (Å²) in [5.41, 5.74) is 0.153. The van der Waals surface area contributed by atoms with Gasteiger partial charge in [-0.05, 0) is 26.2 Å². The summed E-state index contributed by atoms with van der Waals surface area (Å²) in [4.78, 5) is 12.0. The summed E-state index contributed by atoms with van der Waals surface area (Å²) in [7, 11) is 0. The SMILES string of the molecule is CCCCCCCC(C)(O)CCCC(=O)c1ccccc1. The van der Waals surface area contributed by atoms with Gasteiger partial charge in [-0.25, -0.2) is 0 Å². The van der Waals surface area contributed by atoms with Crippen LogP contribution in [0.4, 0.5) is 0 Å². The van der Waals surface area contributed by atoms with Gasteiger partial charge in [-0.3, -0.25) is 4.79 Å². The van der Waals surface area contributed by atoms with Crippen LogP contribution in [0.25, 0.3) is 0 Å². The van der Waals surface area contributed by atoms with Gasteiger partial charge in [0.25, 0.3) is 0 Å². The molecule has 1 unspecified atom stereocenters. The molecule has 1 atom stereocenters. The molecule has 0 saturated carbocycles. The van der Waals surface area contributed by atoms with Crippen LogP contribution in [-0.4, -0.2) is 16.5 Å². The molecule has 21 heavy (non-hydrogen) atoms. The van der Waals surface area contributed by atoms with Gasteiger partial charge in [-0.15, -0.1) is 0 Å². The first-order valence-corrected chi connectivity index (χ1v) is 8.36. The van der Waals surface area contributed by atoms with Gasteiger partial charge in [-0.2, -0.15) is 0 Å². The summed E-state index contributed by atoms with van der Waals surface area (Å²) in [6.45, 7) is 4.11. The van der Waals surface area contributed by atoms with Crippen molar-refractivity contribution in [2.24, 2.45) is 0 Å². The molecule has 0 aliphatic rings. The molecule has 1 N–H and O–H groups in total. The molecule has 0 bridgehead atoms. The molecule has 118 valence electrons. The van der Waals surface area contributed by atoms with E-state index in [-0.39, 0.29) is 5.78 Å². The molecule has 0 aromatic heterocycles. The number of ketones is 1. The summed E-state index contributed by atoms with van der Waals surface area (Å²) in [6, 6.07) is 9.40. The molecule has 1 rings (SSSR count). The number of carbonyl (C=O) groups is 1. The molecule has 0 radical (unpaired) electrons. The van der Waals surface area contributed by atoms with Crippen LogP contribution in [-0.2, 0) is 0 Å². The van der Waals surface area contributed by atoms with Crippen molar-refractivity contribution in [3.63, 3.8) is 0 Å². The van der Waals surface area contributed by atoms with Gasteiger partial charge in [0.15, 0.2) is 5.78 Å². The fraction of sp³-hybridized carbons (Fsp3) is 0.632. The predicted octanol–water partition coefficient (Wildman–Crippen LogP) is 5.15. The third kappa shape index (κ3) is 8.01. The topological polar surface area (TPSA) is 37.3 Å². The number of benzene rings is 1. The maximum atomic E-state index is 12.0. The summed E-state index contributed by atoms with van der Waals surface area (Å²) < 4.78 is 0. The second-order valence-electron chi connectivity index (χ2n) is 6.30. The van der Waals surface area contributed by atoms with Gasteiger partial charge in [0.1, 0.15) is 0 Å². The predicted molar refractivity (Wildman–Crippen MR) is 88.6 cm³/mol. The Hall–Kier alpha value is -1.15. The van der Waals surface area contributed by atoms with E-state index in [9.17, 15) is 9.90 Å². The lowest BCUT2D eigenvalue weighted by Gasteiger charge is -2.23. The average Bonchev–Trinajstić information content (AvgIpc) is 2.47. The minimum atomic E-state index is -0.622. The third-order valence-electron chi connectivity index (χ3n) is 4.03. The summed E-state index contributed by atoms with van der Waals surface area (Å²) in [5, 5.41) is 10.3. The van der Waals surface area contributed by atoms with Crippen molar-refractivity contribution < 1.29 is 9.90 Å². The third-order valence-corrected chi connectivity index (χ3v) is 4.03.